The summed E-state index contributed by atoms with van der Waals surface area (Å²) in [4.78, 5) is 4.17. The average molecular weight is 256 g/mol. The first kappa shape index (κ1) is 13.6. The van der Waals surface area contributed by atoms with Crippen molar-refractivity contribution in [3.63, 3.8) is 0 Å². The fraction of sp³-hybridized carbons (Fsp3) is 0.312. The Morgan fingerprint density at radius 3 is 2.74 bits per heavy atom. The standard InChI is InChI=1S/C16H20N2O/c1-4-12-10-18-8-7-13(12)16(17)14-9-11(2)5-6-15(14)19-3/h5-10,16H,4,17H2,1-3H3. The van der Waals surface area contributed by atoms with Crippen molar-refractivity contribution < 1.29 is 4.74 Å². The van der Waals surface area contributed by atoms with Crippen molar-refractivity contribution in [2.75, 3.05) is 7.11 Å². The molecule has 0 radical (unpaired) electrons. The van der Waals surface area contributed by atoms with Gasteiger partial charge in [0.25, 0.3) is 0 Å². The van der Waals surface area contributed by atoms with Gasteiger partial charge in [-0.2, -0.15) is 0 Å². The van der Waals surface area contributed by atoms with Crippen molar-refractivity contribution in [3.05, 3.63) is 58.9 Å². The SMILES string of the molecule is CCc1cnccc1C(N)c1cc(C)ccc1OC. The Labute approximate surface area is 114 Å². The van der Waals surface area contributed by atoms with E-state index in [2.05, 4.69) is 24.9 Å². The second-order valence-corrected chi connectivity index (χ2v) is 4.65. The lowest BCUT2D eigenvalue weighted by atomic mass is 9.94. The summed E-state index contributed by atoms with van der Waals surface area (Å²) in [5, 5.41) is 0. The topological polar surface area (TPSA) is 48.1 Å². The van der Waals surface area contributed by atoms with Crippen molar-refractivity contribution in [1.29, 1.82) is 0 Å². The van der Waals surface area contributed by atoms with Crippen LogP contribution in [0.5, 0.6) is 5.75 Å². The summed E-state index contributed by atoms with van der Waals surface area (Å²) >= 11 is 0. The van der Waals surface area contributed by atoms with Gasteiger partial charge in [-0.05, 0) is 36.6 Å². The maximum atomic E-state index is 6.43. The summed E-state index contributed by atoms with van der Waals surface area (Å²) in [6.07, 6.45) is 4.60. The minimum atomic E-state index is -0.187. The Hall–Kier alpha value is -1.87. The zero-order chi connectivity index (χ0) is 13.8. The molecule has 1 atom stereocenters. The van der Waals surface area contributed by atoms with Gasteiger partial charge < -0.3 is 10.5 Å². The van der Waals surface area contributed by atoms with Gasteiger partial charge in [0.15, 0.2) is 0 Å². The van der Waals surface area contributed by atoms with Crippen LogP contribution in [-0.2, 0) is 6.42 Å². The molecule has 1 aromatic carbocycles. The first-order valence-electron chi connectivity index (χ1n) is 6.50. The molecule has 1 unspecified atom stereocenters. The van der Waals surface area contributed by atoms with E-state index in [9.17, 15) is 0 Å². The van der Waals surface area contributed by atoms with Gasteiger partial charge in [0.05, 0.1) is 13.2 Å². The van der Waals surface area contributed by atoms with Crippen molar-refractivity contribution in [3.8, 4) is 5.75 Å². The quantitative estimate of drug-likeness (QED) is 0.914. The van der Waals surface area contributed by atoms with Crippen LogP contribution < -0.4 is 10.5 Å². The van der Waals surface area contributed by atoms with Crippen molar-refractivity contribution in [1.82, 2.24) is 4.98 Å². The van der Waals surface area contributed by atoms with E-state index >= 15 is 0 Å². The van der Waals surface area contributed by atoms with E-state index in [4.69, 9.17) is 10.5 Å². The number of aromatic nitrogens is 1. The second kappa shape index (κ2) is 5.85. The molecule has 2 rings (SSSR count). The predicted molar refractivity (Wildman–Crippen MR) is 77.4 cm³/mol. The smallest absolute Gasteiger partial charge is 0.123 e. The summed E-state index contributed by atoms with van der Waals surface area (Å²) in [5.74, 6) is 0.831. The Balaban J connectivity index is 2.49. The number of hydrogen-bond donors (Lipinski definition) is 1. The summed E-state index contributed by atoms with van der Waals surface area (Å²) in [6.45, 7) is 4.17. The molecule has 0 fully saturated rings. The molecule has 0 aliphatic carbocycles. The van der Waals surface area contributed by atoms with Crippen LogP contribution in [-0.4, -0.2) is 12.1 Å². The van der Waals surface area contributed by atoms with Crippen molar-refractivity contribution in [2.24, 2.45) is 5.73 Å². The molecular formula is C16H20N2O. The van der Waals surface area contributed by atoms with E-state index in [0.29, 0.717) is 0 Å². The fourth-order valence-electron chi connectivity index (χ4n) is 2.30. The molecule has 0 bridgehead atoms. The molecule has 100 valence electrons. The van der Waals surface area contributed by atoms with E-state index in [0.717, 1.165) is 23.3 Å². The Morgan fingerprint density at radius 1 is 1.26 bits per heavy atom. The molecule has 0 saturated carbocycles. The van der Waals surface area contributed by atoms with Crippen LogP contribution in [0.1, 0.15) is 35.2 Å². The zero-order valence-electron chi connectivity index (χ0n) is 11.7. The molecule has 2 aromatic rings. The lowest BCUT2D eigenvalue weighted by Crippen LogP contribution is -2.15. The predicted octanol–water partition coefficient (Wildman–Crippen LogP) is 3.01. The van der Waals surface area contributed by atoms with Gasteiger partial charge in [-0.15, -0.1) is 0 Å². The number of nitrogens with two attached hydrogens (primary N) is 1. The summed E-state index contributed by atoms with van der Waals surface area (Å²) in [7, 11) is 1.67. The number of methoxy groups -OCH3 is 1. The molecule has 2 N–H and O–H groups in total. The third-order valence-corrected chi connectivity index (χ3v) is 3.38. The van der Waals surface area contributed by atoms with Crippen LogP contribution in [0.2, 0.25) is 0 Å². The molecule has 0 spiro atoms. The van der Waals surface area contributed by atoms with Crippen LogP contribution >= 0.6 is 0 Å². The van der Waals surface area contributed by atoms with Gasteiger partial charge >= 0.3 is 0 Å². The summed E-state index contributed by atoms with van der Waals surface area (Å²) < 4.78 is 5.42. The minimum Gasteiger partial charge on any atom is -0.496 e. The molecule has 1 heterocycles. The van der Waals surface area contributed by atoms with E-state index in [1.807, 2.05) is 24.4 Å². The van der Waals surface area contributed by atoms with E-state index in [-0.39, 0.29) is 6.04 Å². The molecule has 0 aliphatic heterocycles. The number of nitrogens with zero attached hydrogens (tertiary/aromatic N) is 1. The number of pyridine rings is 1. The van der Waals surface area contributed by atoms with Crippen LogP contribution in [0.3, 0.4) is 0 Å². The highest BCUT2D eigenvalue weighted by Crippen LogP contribution is 2.30. The van der Waals surface area contributed by atoms with E-state index < -0.39 is 0 Å². The number of benzene rings is 1. The molecule has 3 heteroatoms. The van der Waals surface area contributed by atoms with Gasteiger partial charge in [-0.3, -0.25) is 4.98 Å². The first-order chi connectivity index (χ1) is 9.17. The zero-order valence-corrected chi connectivity index (χ0v) is 11.7. The van der Waals surface area contributed by atoms with E-state index in [1.54, 1.807) is 13.3 Å². The summed E-state index contributed by atoms with van der Waals surface area (Å²) in [5.41, 5.74) is 10.9. The van der Waals surface area contributed by atoms with Crippen LogP contribution in [0.15, 0.2) is 36.7 Å². The molecule has 3 nitrogen and oxygen atoms in total. The maximum absolute atomic E-state index is 6.43. The molecule has 0 aliphatic rings. The minimum absolute atomic E-state index is 0.187. The largest absolute Gasteiger partial charge is 0.496 e. The molecule has 19 heavy (non-hydrogen) atoms. The van der Waals surface area contributed by atoms with Crippen LogP contribution in [0, 0.1) is 6.92 Å². The van der Waals surface area contributed by atoms with Crippen LogP contribution in [0.25, 0.3) is 0 Å². The third-order valence-electron chi connectivity index (χ3n) is 3.38. The Bertz CT molecular complexity index is 566. The third kappa shape index (κ3) is 2.76. The van der Waals surface area contributed by atoms with Gasteiger partial charge in [0.2, 0.25) is 0 Å². The molecular weight excluding hydrogens is 236 g/mol. The van der Waals surface area contributed by atoms with Gasteiger partial charge in [-0.1, -0.05) is 24.6 Å². The highest BCUT2D eigenvalue weighted by atomic mass is 16.5. The van der Waals surface area contributed by atoms with E-state index in [1.165, 1.54) is 11.1 Å². The Morgan fingerprint density at radius 2 is 2.05 bits per heavy atom. The lowest BCUT2D eigenvalue weighted by molar-refractivity contribution is 0.407. The van der Waals surface area contributed by atoms with Crippen molar-refractivity contribution in [2.45, 2.75) is 26.3 Å². The average Bonchev–Trinajstić information content (AvgIpc) is 2.46. The van der Waals surface area contributed by atoms with Crippen LogP contribution in [0.4, 0.5) is 0 Å². The Kier molecular flexibility index (Phi) is 4.17. The highest BCUT2D eigenvalue weighted by Gasteiger charge is 2.16. The fourth-order valence-corrected chi connectivity index (χ4v) is 2.30. The van der Waals surface area contributed by atoms with Gasteiger partial charge in [0.1, 0.15) is 5.75 Å². The molecule has 1 aromatic heterocycles. The number of aryl methyl sites for hydroxylation is 2. The molecule has 0 saturated heterocycles. The monoisotopic (exact) mass is 256 g/mol. The van der Waals surface area contributed by atoms with Gasteiger partial charge in [-0.25, -0.2) is 0 Å². The lowest BCUT2D eigenvalue weighted by Gasteiger charge is -2.19. The normalized spacial score (nSPS) is 12.2. The number of hydrogen-bond acceptors (Lipinski definition) is 3. The summed E-state index contributed by atoms with van der Waals surface area (Å²) in [6, 6.07) is 7.89. The highest BCUT2D eigenvalue weighted by molar-refractivity contribution is 5.45. The van der Waals surface area contributed by atoms with Crippen molar-refractivity contribution >= 4 is 0 Å². The van der Waals surface area contributed by atoms with Gasteiger partial charge in [0, 0.05) is 18.0 Å². The maximum Gasteiger partial charge on any atom is 0.123 e. The second-order valence-electron chi connectivity index (χ2n) is 4.65. The molecule has 0 amide bonds. The number of rotatable bonds is 4. The first-order valence-corrected chi connectivity index (χ1v) is 6.50. The number of ether oxygens (including phenoxy) is 1.